The van der Waals surface area contributed by atoms with Crippen molar-refractivity contribution in [2.75, 3.05) is 55.1 Å². The number of aryl methyl sites for hydroxylation is 2. The standard InChI is InChI=1S/C22H32N6/c1-8-27(9-2)20-10-14(3)26-22-17(11-15(4)28(20)22)21-18(24-6)12-16(23-5)13-19(21)25-7/h10-13,23-25H,8-9H2,1-7H3. The van der Waals surface area contributed by atoms with Crippen LogP contribution in [-0.2, 0) is 0 Å². The van der Waals surface area contributed by atoms with Crippen molar-refractivity contribution in [2.45, 2.75) is 27.7 Å². The van der Waals surface area contributed by atoms with E-state index in [-0.39, 0.29) is 0 Å². The van der Waals surface area contributed by atoms with Gasteiger partial charge < -0.3 is 20.9 Å². The maximum absolute atomic E-state index is 4.94. The first-order chi connectivity index (χ1) is 13.5. The van der Waals surface area contributed by atoms with Crippen LogP contribution in [0.2, 0.25) is 0 Å². The number of fused-ring (bicyclic) bond motifs is 1. The smallest absolute Gasteiger partial charge is 0.146 e. The monoisotopic (exact) mass is 380 g/mol. The number of rotatable bonds is 7. The van der Waals surface area contributed by atoms with Gasteiger partial charge in [-0.2, -0.15) is 0 Å². The predicted molar refractivity (Wildman–Crippen MR) is 122 cm³/mol. The lowest BCUT2D eigenvalue weighted by Gasteiger charge is -2.23. The molecule has 0 spiro atoms. The van der Waals surface area contributed by atoms with E-state index in [2.05, 4.69) is 77.2 Å². The van der Waals surface area contributed by atoms with Gasteiger partial charge in [-0.15, -0.1) is 0 Å². The minimum Gasteiger partial charge on any atom is -0.388 e. The van der Waals surface area contributed by atoms with Crippen LogP contribution >= 0.6 is 0 Å². The highest BCUT2D eigenvalue weighted by atomic mass is 15.2. The first-order valence-electron chi connectivity index (χ1n) is 9.95. The Hall–Kier alpha value is -2.89. The molecule has 6 nitrogen and oxygen atoms in total. The van der Waals surface area contributed by atoms with Crippen molar-refractivity contribution in [1.29, 1.82) is 0 Å². The molecular formula is C22H32N6. The minimum absolute atomic E-state index is 0.961. The van der Waals surface area contributed by atoms with Crippen LogP contribution in [0.5, 0.6) is 0 Å². The minimum atomic E-state index is 0.961. The highest BCUT2D eigenvalue weighted by Gasteiger charge is 2.20. The van der Waals surface area contributed by atoms with Crippen LogP contribution in [0.4, 0.5) is 22.9 Å². The molecule has 0 unspecified atom stereocenters. The number of aromatic nitrogens is 2. The second-order valence-electron chi connectivity index (χ2n) is 6.98. The lowest BCUT2D eigenvalue weighted by molar-refractivity contribution is 0.823. The third-order valence-electron chi connectivity index (χ3n) is 5.33. The van der Waals surface area contributed by atoms with Crippen LogP contribution in [-0.4, -0.2) is 43.6 Å². The van der Waals surface area contributed by atoms with Crippen molar-refractivity contribution in [2.24, 2.45) is 0 Å². The molecule has 3 rings (SSSR count). The van der Waals surface area contributed by atoms with E-state index >= 15 is 0 Å². The van der Waals surface area contributed by atoms with Gasteiger partial charge in [0, 0.05) is 79.9 Å². The summed E-state index contributed by atoms with van der Waals surface area (Å²) in [5, 5.41) is 9.97. The summed E-state index contributed by atoms with van der Waals surface area (Å²) in [6.07, 6.45) is 0. The molecule has 1 aromatic carbocycles. The summed E-state index contributed by atoms with van der Waals surface area (Å²) in [5.41, 5.74) is 8.66. The summed E-state index contributed by atoms with van der Waals surface area (Å²) in [7, 11) is 5.86. The average Bonchev–Trinajstić information content (AvgIpc) is 3.03. The third kappa shape index (κ3) is 3.23. The number of benzene rings is 1. The highest BCUT2D eigenvalue weighted by Crippen LogP contribution is 2.41. The van der Waals surface area contributed by atoms with Gasteiger partial charge in [-0.1, -0.05) is 0 Å². The quantitative estimate of drug-likeness (QED) is 0.560. The number of anilines is 4. The van der Waals surface area contributed by atoms with Gasteiger partial charge in [0.2, 0.25) is 0 Å². The lowest BCUT2D eigenvalue weighted by Crippen LogP contribution is -2.24. The largest absolute Gasteiger partial charge is 0.388 e. The molecule has 3 N–H and O–H groups in total. The van der Waals surface area contributed by atoms with Crippen LogP contribution in [0.15, 0.2) is 24.3 Å². The number of hydrogen-bond donors (Lipinski definition) is 3. The fourth-order valence-corrected chi connectivity index (χ4v) is 3.91. The molecule has 6 heteroatoms. The molecule has 0 aliphatic carbocycles. The fraction of sp³-hybridized carbons (Fsp3) is 0.409. The Kier molecular flexibility index (Phi) is 5.68. The Bertz CT molecular complexity index is 959. The van der Waals surface area contributed by atoms with E-state index in [0.717, 1.165) is 52.6 Å². The molecule has 0 aliphatic heterocycles. The first-order valence-corrected chi connectivity index (χ1v) is 9.95. The molecule has 2 aromatic heterocycles. The van der Waals surface area contributed by atoms with Gasteiger partial charge in [-0.3, -0.25) is 4.40 Å². The molecule has 0 amide bonds. The first kappa shape index (κ1) is 19.9. The Morgan fingerprint density at radius 2 is 1.50 bits per heavy atom. The van der Waals surface area contributed by atoms with E-state index < -0.39 is 0 Å². The second-order valence-corrected chi connectivity index (χ2v) is 6.98. The highest BCUT2D eigenvalue weighted by molar-refractivity contribution is 5.97. The van der Waals surface area contributed by atoms with Crippen molar-refractivity contribution in [3.8, 4) is 11.1 Å². The van der Waals surface area contributed by atoms with E-state index in [9.17, 15) is 0 Å². The molecule has 0 radical (unpaired) electrons. The Morgan fingerprint density at radius 1 is 0.893 bits per heavy atom. The fourth-order valence-electron chi connectivity index (χ4n) is 3.91. The molecule has 3 aromatic rings. The number of nitrogens with zero attached hydrogens (tertiary/aromatic N) is 3. The maximum atomic E-state index is 4.94. The summed E-state index contributed by atoms with van der Waals surface area (Å²) in [6, 6.07) is 8.69. The van der Waals surface area contributed by atoms with Crippen molar-refractivity contribution >= 4 is 28.5 Å². The molecule has 28 heavy (non-hydrogen) atoms. The Labute approximate surface area is 168 Å². The number of hydrogen-bond acceptors (Lipinski definition) is 5. The summed E-state index contributed by atoms with van der Waals surface area (Å²) >= 11 is 0. The van der Waals surface area contributed by atoms with Gasteiger partial charge in [0.15, 0.2) is 0 Å². The lowest BCUT2D eigenvalue weighted by atomic mass is 10.0. The van der Waals surface area contributed by atoms with E-state index in [4.69, 9.17) is 4.98 Å². The maximum Gasteiger partial charge on any atom is 0.146 e. The van der Waals surface area contributed by atoms with Crippen molar-refractivity contribution < 1.29 is 0 Å². The van der Waals surface area contributed by atoms with Crippen LogP contribution in [0.25, 0.3) is 16.8 Å². The van der Waals surface area contributed by atoms with E-state index in [1.54, 1.807) is 0 Å². The molecule has 0 saturated heterocycles. The molecule has 0 bridgehead atoms. The van der Waals surface area contributed by atoms with Crippen LogP contribution < -0.4 is 20.9 Å². The zero-order valence-electron chi connectivity index (χ0n) is 18.1. The van der Waals surface area contributed by atoms with Crippen molar-refractivity contribution in [3.63, 3.8) is 0 Å². The van der Waals surface area contributed by atoms with Gasteiger partial charge in [0.05, 0.1) is 0 Å². The number of nitrogens with one attached hydrogen (secondary N) is 3. The van der Waals surface area contributed by atoms with Gasteiger partial charge in [0.1, 0.15) is 11.5 Å². The van der Waals surface area contributed by atoms with Crippen LogP contribution in [0, 0.1) is 13.8 Å². The Balaban J connectivity index is 2.38. The molecule has 0 saturated carbocycles. The van der Waals surface area contributed by atoms with Gasteiger partial charge in [-0.05, 0) is 45.9 Å². The molecule has 2 heterocycles. The van der Waals surface area contributed by atoms with Crippen LogP contribution in [0.1, 0.15) is 25.2 Å². The zero-order valence-corrected chi connectivity index (χ0v) is 18.1. The molecule has 0 fully saturated rings. The van der Waals surface area contributed by atoms with Crippen molar-refractivity contribution in [1.82, 2.24) is 9.38 Å². The normalized spacial score (nSPS) is 11.0. The topological polar surface area (TPSA) is 56.6 Å². The zero-order chi connectivity index (χ0) is 20.4. The summed E-state index contributed by atoms with van der Waals surface area (Å²) in [4.78, 5) is 7.32. The van der Waals surface area contributed by atoms with Gasteiger partial charge in [0.25, 0.3) is 0 Å². The third-order valence-corrected chi connectivity index (χ3v) is 5.33. The van der Waals surface area contributed by atoms with E-state index in [0.29, 0.717) is 0 Å². The van der Waals surface area contributed by atoms with E-state index in [1.807, 2.05) is 21.1 Å². The van der Waals surface area contributed by atoms with Crippen molar-refractivity contribution in [3.05, 3.63) is 35.7 Å². The predicted octanol–water partition coefficient (Wildman–Crippen LogP) is 4.59. The van der Waals surface area contributed by atoms with Gasteiger partial charge in [-0.25, -0.2) is 4.98 Å². The SMILES string of the molecule is CCN(CC)c1cc(C)nc2c(-c3c(NC)cc(NC)cc3NC)cc(C)n12. The van der Waals surface area contributed by atoms with E-state index in [1.165, 1.54) is 11.5 Å². The average molecular weight is 381 g/mol. The summed E-state index contributed by atoms with van der Waals surface area (Å²) < 4.78 is 2.28. The molecular weight excluding hydrogens is 348 g/mol. The van der Waals surface area contributed by atoms with Gasteiger partial charge >= 0.3 is 0 Å². The second kappa shape index (κ2) is 8.00. The summed E-state index contributed by atoms with van der Waals surface area (Å²) in [5.74, 6) is 1.19. The summed E-state index contributed by atoms with van der Waals surface area (Å²) in [6.45, 7) is 10.5. The Morgan fingerprint density at radius 3 is 2.00 bits per heavy atom. The molecule has 0 aliphatic rings. The van der Waals surface area contributed by atoms with Crippen LogP contribution in [0.3, 0.4) is 0 Å². The molecule has 150 valence electrons. The molecule has 0 atom stereocenters.